The molecule has 0 unspecified atom stereocenters. The molecule has 0 N–H and O–H groups in total. The normalized spacial score (nSPS) is 10.1. The molecule has 1 aromatic carbocycles. The smallest absolute Gasteiger partial charge is 0.188 e. The van der Waals surface area contributed by atoms with Gasteiger partial charge in [0.2, 0.25) is 0 Å². The molecular formula is C13H18O3. The van der Waals surface area contributed by atoms with E-state index in [4.69, 9.17) is 9.47 Å². The van der Waals surface area contributed by atoms with Crippen molar-refractivity contribution in [3.8, 4) is 5.75 Å². The van der Waals surface area contributed by atoms with Crippen LogP contribution in [0.4, 0.5) is 0 Å². The maximum absolute atomic E-state index is 11.2. The highest BCUT2D eigenvalue weighted by Gasteiger charge is 2.00. The van der Waals surface area contributed by atoms with Gasteiger partial charge in [-0.25, -0.2) is 0 Å². The molecule has 3 nitrogen and oxygen atoms in total. The first-order valence-electron chi connectivity index (χ1n) is 5.48. The van der Waals surface area contributed by atoms with E-state index >= 15 is 0 Å². The van der Waals surface area contributed by atoms with E-state index in [1.807, 2.05) is 31.2 Å². The third-order valence-corrected chi connectivity index (χ3v) is 2.35. The molecule has 0 spiro atoms. The average molecular weight is 222 g/mol. The van der Waals surface area contributed by atoms with Crippen molar-refractivity contribution >= 4 is 5.78 Å². The minimum absolute atomic E-state index is 0.258. The van der Waals surface area contributed by atoms with Crippen LogP contribution in [0.2, 0.25) is 0 Å². The van der Waals surface area contributed by atoms with Crippen LogP contribution in [0.5, 0.6) is 5.75 Å². The van der Waals surface area contributed by atoms with E-state index in [0.29, 0.717) is 18.6 Å². The molecule has 0 heterocycles. The Hall–Kier alpha value is -1.35. The molecule has 0 radical (unpaired) electrons. The van der Waals surface area contributed by atoms with E-state index in [1.54, 1.807) is 7.11 Å². The second kappa shape index (κ2) is 7.01. The van der Waals surface area contributed by atoms with Gasteiger partial charge in [-0.15, -0.1) is 0 Å². The van der Waals surface area contributed by atoms with Crippen LogP contribution in [0.25, 0.3) is 0 Å². The van der Waals surface area contributed by atoms with Crippen molar-refractivity contribution in [2.75, 3.05) is 13.9 Å². The highest BCUT2D eigenvalue weighted by molar-refractivity contribution is 5.78. The van der Waals surface area contributed by atoms with Crippen molar-refractivity contribution < 1.29 is 14.3 Å². The third kappa shape index (κ3) is 4.45. The number of rotatable bonds is 7. The van der Waals surface area contributed by atoms with E-state index in [-0.39, 0.29) is 6.79 Å². The molecule has 0 saturated heterocycles. The summed E-state index contributed by atoms with van der Waals surface area (Å²) in [5, 5.41) is 0. The standard InChI is InChI=1S/C13H18O3/c1-3-12(14)7-4-11-5-8-13(9-6-11)16-10-15-2/h5-6,8-9H,3-4,7,10H2,1-2H3. The van der Waals surface area contributed by atoms with E-state index in [0.717, 1.165) is 17.7 Å². The minimum Gasteiger partial charge on any atom is -0.468 e. The van der Waals surface area contributed by atoms with Gasteiger partial charge < -0.3 is 9.47 Å². The molecule has 0 atom stereocenters. The molecule has 16 heavy (non-hydrogen) atoms. The second-order valence-corrected chi connectivity index (χ2v) is 3.59. The van der Waals surface area contributed by atoms with Crippen molar-refractivity contribution in [1.29, 1.82) is 0 Å². The summed E-state index contributed by atoms with van der Waals surface area (Å²) in [6.07, 6.45) is 2.04. The van der Waals surface area contributed by atoms with Crippen LogP contribution < -0.4 is 4.74 Å². The lowest BCUT2D eigenvalue weighted by atomic mass is 10.1. The molecule has 1 aromatic rings. The Morgan fingerprint density at radius 1 is 1.25 bits per heavy atom. The highest BCUT2D eigenvalue weighted by atomic mass is 16.7. The van der Waals surface area contributed by atoms with E-state index in [9.17, 15) is 4.79 Å². The molecule has 3 heteroatoms. The first-order valence-corrected chi connectivity index (χ1v) is 5.48. The van der Waals surface area contributed by atoms with E-state index in [2.05, 4.69) is 0 Å². The molecular weight excluding hydrogens is 204 g/mol. The van der Waals surface area contributed by atoms with E-state index < -0.39 is 0 Å². The number of carbonyl (C=O) groups excluding carboxylic acids is 1. The van der Waals surface area contributed by atoms with Crippen LogP contribution >= 0.6 is 0 Å². The van der Waals surface area contributed by atoms with Crippen LogP contribution in [-0.2, 0) is 16.0 Å². The van der Waals surface area contributed by atoms with Crippen LogP contribution in [-0.4, -0.2) is 19.7 Å². The number of benzene rings is 1. The fourth-order valence-electron chi connectivity index (χ4n) is 1.34. The molecule has 0 aromatic heterocycles. The summed E-state index contributed by atoms with van der Waals surface area (Å²) in [4.78, 5) is 11.2. The highest BCUT2D eigenvalue weighted by Crippen LogP contribution is 2.13. The fourth-order valence-corrected chi connectivity index (χ4v) is 1.34. The monoisotopic (exact) mass is 222 g/mol. The number of Topliss-reactive ketones (excluding diaryl/α,β-unsaturated/α-hetero) is 1. The van der Waals surface area contributed by atoms with Crippen LogP contribution in [0.15, 0.2) is 24.3 Å². The molecule has 0 aliphatic carbocycles. The Labute approximate surface area is 96.4 Å². The third-order valence-electron chi connectivity index (χ3n) is 2.35. The lowest BCUT2D eigenvalue weighted by Crippen LogP contribution is -2.00. The van der Waals surface area contributed by atoms with Crippen LogP contribution in [0.1, 0.15) is 25.3 Å². The molecule has 0 amide bonds. The quantitative estimate of drug-likeness (QED) is 0.665. The van der Waals surface area contributed by atoms with Gasteiger partial charge in [-0.1, -0.05) is 19.1 Å². The lowest BCUT2D eigenvalue weighted by molar-refractivity contribution is -0.118. The van der Waals surface area contributed by atoms with Gasteiger partial charge in [0.05, 0.1) is 0 Å². The van der Waals surface area contributed by atoms with Crippen molar-refractivity contribution in [3.05, 3.63) is 29.8 Å². The van der Waals surface area contributed by atoms with Gasteiger partial charge in [0.1, 0.15) is 11.5 Å². The Kier molecular flexibility index (Phi) is 5.57. The van der Waals surface area contributed by atoms with Crippen LogP contribution in [0.3, 0.4) is 0 Å². The fraction of sp³-hybridized carbons (Fsp3) is 0.462. The number of methoxy groups -OCH3 is 1. The van der Waals surface area contributed by atoms with Gasteiger partial charge in [0.15, 0.2) is 6.79 Å². The van der Waals surface area contributed by atoms with Gasteiger partial charge in [-0.05, 0) is 24.1 Å². The predicted octanol–water partition coefficient (Wildman–Crippen LogP) is 2.58. The van der Waals surface area contributed by atoms with Gasteiger partial charge in [0.25, 0.3) is 0 Å². The topological polar surface area (TPSA) is 35.5 Å². The predicted molar refractivity (Wildman–Crippen MR) is 62.6 cm³/mol. The summed E-state index contributed by atoms with van der Waals surface area (Å²) >= 11 is 0. The Morgan fingerprint density at radius 2 is 1.94 bits per heavy atom. The van der Waals surface area contributed by atoms with Crippen molar-refractivity contribution in [2.24, 2.45) is 0 Å². The summed E-state index contributed by atoms with van der Waals surface area (Å²) in [6.45, 7) is 2.15. The Morgan fingerprint density at radius 3 is 2.50 bits per heavy atom. The maximum Gasteiger partial charge on any atom is 0.188 e. The number of carbonyl (C=O) groups is 1. The minimum atomic E-state index is 0.258. The molecule has 0 fully saturated rings. The first kappa shape index (κ1) is 12.7. The number of ketones is 1. The van der Waals surface area contributed by atoms with Crippen molar-refractivity contribution in [1.82, 2.24) is 0 Å². The van der Waals surface area contributed by atoms with Crippen molar-refractivity contribution in [2.45, 2.75) is 26.2 Å². The SMILES string of the molecule is CCC(=O)CCc1ccc(OCOC)cc1. The molecule has 0 saturated carbocycles. The summed E-state index contributed by atoms with van der Waals surface area (Å²) in [6, 6.07) is 7.75. The lowest BCUT2D eigenvalue weighted by Gasteiger charge is -2.05. The zero-order valence-electron chi connectivity index (χ0n) is 9.86. The summed E-state index contributed by atoms with van der Waals surface area (Å²) in [5.41, 5.74) is 1.16. The van der Waals surface area contributed by atoms with Gasteiger partial charge >= 0.3 is 0 Å². The molecule has 0 aliphatic rings. The number of ether oxygens (including phenoxy) is 2. The van der Waals surface area contributed by atoms with E-state index in [1.165, 1.54) is 0 Å². The summed E-state index contributed by atoms with van der Waals surface area (Å²) in [7, 11) is 1.59. The zero-order valence-corrected chi connectivity index (χ0v) is 9.86. The molecule has 1 rings (SSSR count). The van der Waals surface area contributed by atoms with Gasteiger partial charge in [-0.3, -0.25) is 4.79 Å². The Balaban J connectivity index is 2.41. The van der Waals surface area contributed by atoms with Gasteiger partial charge in [0, 0.05) is 20.0 Å². The van der Waals surface area contributed by atoms with Crippen molar-refractivity contribution in [3.63, 3.8) is 0 Å². The molecule has 0 bridgehead atoms. The Bertz CT molecular complexity index is 316. The average Bonchev–Trinajstić information content (AvgIpc) is 2.34. The molecule has 0 aliphatic heterocycles. The van der Waals surface area contributed by atoms with Gasteiger partial charge in [-0.2, -0.15) is 0 Å². The maximum atomic E-state index is 11.2. The summed E-state index contributed by atoms with van der Waals surface area (Å²) < 4.78 is 10.1. The molecule has 88 valence electrons. The number of aryl methyl sites for hydroxylation is 1. The number of hydrogen-bond donors (Lipinski definition) is 0. The largest absolute Gasteiger partial charge is 0.468 e. The second-order valence-electron chi connectivity index (χ2n) is 3.59. The zero-order chi connectivity index (χ0) is 11.8. The first-order chi connectivity index (χ1) is 7.76. The summed E-state index contributed by atoms with van der Waals surface area (Å²) in [5.74, 6) is 1.09. The number of hydrogen-bond acceptors (Lipinski definition) is 3. The van der Waals surface area contributed by atoms with Crippen LogP contribution in [0, 0.1) is 0 Å².